The van der Waals surface area contributed by atoms with Gasteiger partial charge in [0, 0.05) is 25.0 Å². The van der Waals surface area contributed by atoms with Gasteiger partial charge in [0.05, 0.1) is 11.5 Å². The maximum absolute atomic E-state index is 11.8. The van der Waals surface area contributed by atoms with E-state index in [1.807, 2.05) is 0 Å². The summed E-state index contributed by atoms with van der Waals surface area (Å²) in [6.45, 7) is 2.67. The number of unbranched alkanes of at least 4 members (excludes halogenated alkanes) is 10. The van der Waals surface area contributed by atoms with E-state index in [1.54, 1.807) is 0 Å². The summed E-state index contributed by atoms with van der Waals surface area (Å²) >= 11 is 0. The molecule has 0 aromatic heterocycles. The Bertz CT molecular complexity index is 644. The van der Waals surface area contributed by atoms with E-state index in [0.29, 0.717) is 13.0 Å². The highest BCUT2D eigenvalue weighted by Crippen LogP contribution is 2.18. The van der Waals surface area contributed by atoms with Crippen LogP contribution in [0.25, 0.3) is 0 Å². The minimum Gasteiger partial charge on any atom is -0.466 e. The van der Waals surface area contributed by atoms with Crippen molar-refractivity contribution >= 4 is 17.6 Å². The largest absolute Gasteiger partial charge is 0.466 e. The Morgan fingerprint density at radius 2 is 1.29 bits per heavy atom. The van der Waals surface area contributed by atoms with Crippen LogP contribution in [0.2, 0.25) is 0 Å². The molecule has 0 N–H and O–H groups in total. The Balaban J connectivity index is 1.95. The van der Waals surface area contributed by atoms with Gasteiger partial charge in [-0.3, -0.25) is 19.7 Å². The molecule has 0 unspecified atom stereocenters. The molecule has 7 heteroatoms. The number of nitro benzene ring substituents is 1. The SMILES string of the molecule is CCCCCCCCCCCCCOC(=O)CCCC(=O)Oc1ccc([N+](=O)[O-])cc1. The maximum atomic E-state index is 11.8. The molecule has 0 atom stereocenters. The molecule has 0 heterocycles. The van der Waals surface area contributed by atoms with Gasteiger partial charge in [0.2, 0.25) is 0 Å². The number of ether oxygens (including phenoxy) is 2. The number of carbonyl (C=O) groups is 2. The predicted molar refractivity (Wildman–Crippen MR) is 120 cm³/mol. The van der Waals surface area contributed by atoms with Crippen LogP contribution in [0.15, 0.2) is 24.3 Å². The lowest BCUT2D eigenvalue weighted by Crippen LogP contribution is -2.10. The predicted octanol–water partition coefficient (Wildman–Crippen LogP) is 6.52. The lowest BCUT2D eigenvalue weighted by atomic mass is 10.1. The van der Waals surface area contributed by atoms with E-state index in [9.17, 15) is 19.7 Å². The number of nitro groups is 1. The zero-order valence-electron chi connectivity index (χ0n) is 18.8. The van der Waals surface area contributed by atoms with Crippen molar-refractivity contribution in [3.63, 3.8) is 0 Å². The zero-order valence-corrected chi connectivity index (χ0v) is 18.8. The van der Waals surface area contributed by atoms with Gasteiger partial charge in [-0.1, -0.05) is 71.1 Å². The minimum absolute atomic E-state index is 0.0691. The maximum Gasteiger partial charge on any atom is 0.311 e. The molecule has 0 aliphatic rings. The average molecular weight is 436 g/mol. The highest BCUT2D eigenvalue weighted by molar-refractivity contribution is 5.74. The number of hydrogen-bond donors (Lipinski definition) is 0. The first-order valence-electron chi connectivity index (χ1n) is 11.6. The fourth-order valence-corrected chi connectivity index (χ4v) is 3.22. The molecule has 1 aromatic carbocycles. The molecule has 0 aliphatic heterocycles. The molecule has 1 aromatic rings. The minimum atomic E-state index is -0.520. The second-order valence-electron chi connectivity index (χ2n) is 7.83. The summed E-state index contributed by atoms with van der Waals surface area (Å²) in [5.74, 6) is -0.531. The van der Waals surface area contributed by atoms with Crippen LogP contribution in [0.1, 0.15) is 96.8 Å². The molecule has 0 bridgehead atoms. The van der Waals surface area contributed by atoms with Gasteiger partial charge in [-0.25, -0.2) is 0 Å². The number of non-ortho nitro benzene ring substituents is 1. The molecule has 0 spiro atoms. The van der Waals surface area contributed by atoms with Crippen LogP contribution in [0.5, 0.6) is 5.75 Å². The highest BCUT2D eigenvalue weighted by Gasteiger charge is 2.10. The summed E-state index contributed by atoms with van der Waals surface area (Å²) in [6, 6.07) is 5.29. The van der Waals surface area contributed by atoms with Gasteiger partial charge >= 0.3 is 11.9 Å². The zero-order chi connectivity index (χ0) is 22.7. The van der Waals surface area contributed by atoms with Gasteiger partial charge in [0.1, 0.15) is 5.75 Å². The molecular formula is C24H37NO6. The van der Waals surface area contributed by atoms with Gasteiger partial charge in [0.25, 0.3) is 5.69 Å². The second kappa shape index (κ2) is 17.3. The summed E-state index contributed by atoms with van der Waals surface area (Å²) in [7, 11) is 0. The van der Waals surface area contributed by atoms with Crippen molar-refractivity contribution in [1.82, 2.24) is 0 Å². The third-order valence-electron chi connectivity index (χ3n) is 5.05. The van der Waals surface area contributed by atoms with Crippen molar-refractivity contribution in [3.8, 4) is 5.75 Å². The molecule has 0 fully saturated rings. The van der Waals surface area contributed by atoms with Crippen LogP contribution < -0.4 is 4.74 Å². The highest BCUT2D eigenvalue weighted by atomic mass is 16.6. The number of esters is 2. The number of hydrogen-bond acceptors (Lipinski definition) is 6. The lowest BCUT2D eigenvalue weighted by molar-refractivity contribution is -0.384. The summed E-state index contributed by atoms with van der Waals surface area (Å²) < 4.78 is 10.3. The first-order valence-corrected chi connectivity index (χ1v) is 11.6. The van der Waals surface area contributed by atoms with E-state index in [1.165, 1.54) is 82.1 Å². The topological polar surface area (TPSA) is 95.7 Å². The number of benzene rings is 1. The van der Waals surface area contributed by atoms with Gasteiger partial charge in [-0.05, 0) is 25.0 Å². The molecule has 0 saturated heterocycles. The Hall–Kier alpha value is -2.44. The van der Waals surface area contributed by atoms with Crippen LogP contribution in [0, 0.1) is 10.1 Å². The van der Waals surface area contributed by atoms with Crippen molar-refractivity contribution in [2.45, 2.75) is 96.8 Å². The first-order chi connectivity index (χ1) is 15.0. The number of carbonyl (C=O) groups excluding carboxylic acids is 2. The molecule has 0 aliphatic carbocycles. The first kappa shape index (κ1) is 26.6. The van der Waals surface area contributed by atoms with Crippen molar-refractivity contribution < 1.29 is 24.0 Å². The summed E-state index contributed by atoms with van der Waals surface area (Å²) in [4.78, 5) is 33.6. The van der Waals surface area contributed by atoms with Crippen LogP contribution in [-0.2, 0) is 14.3 Å². The van der Waals surface area contributed by atoms with E-state index in [0.717, 1.165) is 12.8 Å². The molecule has 1 rings (SSSR count). The summed E-state index contributed by atoms with van der Waals surface area (Å²) in [5, 5.41) is 10.6. The molecule has 0 amide bonds. The van der Waals surface area contributed by atoms with E-state index in [4.69, 9.17) is 9.47 Å². The lowest BCUT2D eigenvalue weighted by Gasteiger charge is -2.06. The van der Waals surface area contributed by atoms with Crippen molar-refractivity contribution in [2.75, 3.05) is 6.61 Å². The van der Waals surface area contributed by atoms with E-state index in [2.05, 4.69) is 6.92 Å². The van der Waals surface area contributed by atoms with Gasteiger partial charge in [-0.15, -0.1) is 0 Å². The molecule has 7 nitrogen and oxygen atoms in total. The van der Waals surface area contributed by atoms with Crippen LogP contribution in [-0.4, -0.2) is 23.5 Å². The van der Waals surface area contributed by atoms with Gasteiger partial charge < -0.3 is 9.47 Å². The van der Waals surface area contributed by atoms with Crippen LogP contribution >= 0.6 is 0 Å². The third kappa shape index (κ3) is 14.2. The quantitative estimate of drug-likeness (QED) is 0.0855. The second-order valence-corrected chi connectivity index (χ2v) is 7.83. The van der Waals surface area contributed by atoms with Crippen molar-refractivity contribution in [2.24, 2.45) is 0 Å². The van der Waals surface area contributed by atoms with Crippen molar-refractivity contribution in [1.29, 1.82) is 0 Å². The normalized spacial score (nSPS) is 10.6. The average Bonchev–Trinajstić information content (AvgIpc) is 2.75. The van der Waals surface area contributed by atoms with Crippen LogP contribution in [0.4, 0.5) is 5.69 Å². The van der Waals surface area contributed by atoms with Crippen molar-refractivity contribution in [3.05, 3.63) is 34.4 Å². The summed E-state index contributed by atoms with van der Waals surface area (Å²) in [5.41, 5.74) is -0.0691. The smallest absolute Gasteiger partial charge is 0.311 e. The Labute approximate surface area is 185 Å². The number of nitrogens with zero attached hydrogens (tertiary/aromatic N) is 1. The van der Waals surface area contributed by atoms with E-state index < -0.39 is 10.9 Å². The Morgan fingerprint density at radius 3 is 1.84 bits per heavy atom. The fourth-order valence-electron chi connectivity index (χ4n) is 3.22. The van der Waals surface area contributed by atoms with Gasteiger partial charge in [-0.2, -0.15) is 0 Å². The standard InChI is InChI=1S/C24H37NO6/c1-2-3-4-5-6-7-8-9-10-11-12-20-30-23(26)14-13-15-24(27)31-22-18-16-21(17-19-22)25(28)29/h16-19H,2-15,20H2,1H3. The van der Waals surface area contributed by atoms with E-state index in [-0.39, 0.29) is 30.2 Å². The molecule has 0 saturated carbocycles. The van der Waals surface area contributed by atoms with E-state index >= 15 is 0 Å². The Morgan fingerprint density at radius 1 is 0.774 bits per heavy atom. The molecular weight excluding hydrogens is 398 g/mol. The Kier molecular flexibility index (Phi) is 14.8. The monoisotopic (exact) mass is 435 g/mol. The van der Waals surface area contributed by atoms with Crippen LogP contribution in [0.3, 0.4) is 0 Å². The molecule has 31 heavy (non-hydrogen) atoms. The summed E-state index contributed by atoms with van der Waals surface area (Å²) in [6.07, 6.45) is 14.3. The number of rotatable bonds is 18. The third-order valence-corrected chi connectivity index (χ3v) is 5.05. The molecule has 174 valence electrons. The molecule has 0 radical (unpaired) electrons. The fraction of sp³-hybridized carbons (Fsp3) is 0.667. The van der Waals surface area contributed by atoms with Gasteiger partial charge in [0.15, 0.2) is 0 Å².